The number of methoxy groups -OCH3 is 1. The normalized spacial score (nSPS) is 10.9. The number of halogens is 4. The molecule has 0 atom stereocenters. The van der Waals surface area contributed by atoms with E-state index in [9.17, 15) is 18.0 Å². The van der Waals surface area contributed by atoms with Gasteiger partial charge in [0.1, 0.15) is 6.07 Å². The van der Waals surface area contributed by atoms with Crippen LogP contribution in [0.4, 0.5) is 13.2 Å². The summed E-state index contributed by atoms with van der Waals surface area (Å²) >= 11 is 5.54. The molecule has 0 saturated heterocycles. The van der Waals surface area contributed by atoms with E-state index in [1.165, 1.54) is 12.1 Å². The summed E-state index contributed by atoms with van der Waals surface area (Å²) < 4.78 is 42.9. The van der Waals surface area contributed by atoms with Crippen molar-refractivity contribution in [2.75, 3.05) is 7.11 Å². The Kier molecular flexibility index (Phi) is 4.78. The fourth-order valence-corrected chi connectivity index (χ4v) is 1.78. The highest BCUT2D eigenvalue weighted by atomic mass is 35.5. The third kappa shape index (κ3) is 3.61. The van der Waals surface area contributed by atoms with Crippen molar-refractivity contribution in [3.05, 3.63) is 34.4 Å². The van der Waals surface area contributed by atoms with Gasteiger partial charge in [-0.05, 0) is 17.2 Å². The van der Waals surface area contributed by atoms with Gasteiger partial charge in [0.25, 0.3) is 0 Å². The van der Waals surface area contributed by atoms with Crippen molar-refractivity contribution < 1.29 is 22.7 Å². The highest BCUT2D eigenvalue weighted by Gasteiger charge is 2.35. The number of hydrogen-bond acceptors (Lipinski definition) is 3. The third-order valence-electron chi connectivity index (χ3n) is 2.42. The van der Waals surface area contributed by atoms with Gasteiger partial charge < -0.3 is 4.74 Å². The predicted octanol–water partition coefficient (Wildman–Crippen LogP) is 3.03. The molecule has 1 rings (SSSR count). The molecule has 1 aromatic carbocycles. The van der Waals surface area contributed by atoms with Gasteiger partial charge in [0.05, 0.1) is 24.7 Å². The number of hydrogen-bond donors (Lipinski definition) is 0. The van der Waals surface area contributed by atoms with Gasteiger partial charge >= 0.3 is 12.1 Å². The van der Waals surface area contributed by atoms with Crippen molar-refractivity contribution in [1.82, 2.24) is 0 Å². The molecule has 0 N–H and O–H groups in total. The largest absolute Gasteiger partial charge is 0.469 e. The number of benzene rings is 1. The summed E-state index contributed by atoms with van der Waals surface area (Å²) in [4.78, 5) is 11.1. The minimum Gasteiger partial charge on any atom is -0.469 e. The number of carbonyl (C=O) groups is 1. The Labute approximate surface area is 112 Å². The average molecular weight is 292 g/mol. The fraction of sp³-hybridized carbons (Fsp3) is 0.333. The van der Waals surface area contributed by atoms with Gasteiger partial charge in [-0.2, -0.15) is 18.4 Å². The van der Waals surface area contributed by atoms with Crippen LogP contribution in [0.3, 0.4) is 0 Å². The lowest BCUT2D eigenvalue weighted by Crippen LogP contribution is -2.12. The highest BCUT2D eigenvalue weighted by Crippen LogP contribution is 2.34. The van der Waals surface area contributed by atoms with Crippen LogP contribution in [0.5, 0.6) is 0 Å². The smallest absolute Gasteiger partial charge is 0.417 e. The van der Waals surface area contributed by atoms with Crippen molar-refractivity contribution in [3.63, 3.8) is 0 Å². The number of nitriles is 1. The maximum absolute atomic E-state index is 12.8. The Morgan fingerprint density at radius 3 is 2.53 bits per heavy atom. The molecule has 0 aliphatic heterocycles. The number of alkyl halides is 4. The minimum atomic E-state index is -4.68. The van der Waals surface area contributed by atoms with Crippen LogP contribution in [0, 0.1) is 11.3 Å². The molecule has 0 amide bonds. The molecule has 1 aromatic rings. The van der Waals surface area contributed by atoms with Crippen LogP contribution in [0.25, 0.3) is 0 Å². The highest BCUT2D eigenvalue weighted by molar-refractivity contribution is 6.17. The van der Waals surface area contributed by atoms with Crippen LogP contribution < -0.4 is 0 Å². The molecular formula is C12H9ClF3NO2. The van der Waals surface area contributed by atoms with Gasteiger partial charge in [-0.1, -0.05) is 6.07 Å². The van der Waals surface area contributed by atoms with Crippen LogP contribution >= 0.6 is 11.6 Å². The number of ether oxygens (including phenoxy) is 1. The average Bonchev–Trinajstić information content (AvgIpc) is 2.36. The molecular weight excluding hydrogens is 283 g/mol. The van der Waals surface area contributed by atoms with E-state index in [2.05, 4.69) is 4.74 Å². The second-order valence-electron chi connectivity index (χ2n) is 3.67. The Morgan fingerprint density at radius 1 is 1.47 bits per heavy atom. The predicted molar refractivity (Wildman–Crippen MR) is 61.4 cm³/mol. The maximum Gasteiger partial charge on any atom is 0.417 e. The minimum absolute atomic E-state index is 0.0397. The molecule has 0 radical (unpaired) electrons. The van der Waals surface area contributed by atoms with Crippen molar-refractivity contribution in [1.29, 1.82) is 5.26 Å². The second-order valence-corrected chi connectivity index (χ2v) is 3.94. The molecule has 0 heterocycles. The number of nitrogens with zero attached hydrogens (tertiary/aromatic N) is 1. The SMILES string of the molecule is COC(=O)Cc1cc(CCl)c(C#N)c(C(F)(F)F)c1. The first kappa shape index (κ1) is 15.3. The lowest BCUT2D eigenvalue weighted by Gasteiger charge is -2.13. The van der Waals surface area contributed by atoms with E-state index in [-0.39, 0.29) is 23.4 Å². The lowest BCUT2D eigenvalue weighted by molar-refractivity contribution is -0.140. The van der Waals surface area contributed by atoms with Crippen LogP contribution in [0.2, 0.25) is 0 Å². The Morgan fingerprint density at radius 2 is 2.11 bits per heavy atom. The van der Waals surface area contributed by atoms with E-state index >= 15 is 0 Å². The first-order valence-electron chi connectivity index (χ1n) is 5.09. The molecule has 0 aromatic heterocycles. The van der Waals surface area contributed by atoms with E-state index in [1.54, 1.807) is 0 Å². The Balaban J connectivity index is 3.40. The molecule has 0 spiro atoms. The van der Waals surface area contributed by atoms with Crippen molar-refractivity contribution in [3.8, 4) is 6.07 Å². The maximum atomic E-state index is 12.8. The first-order valence-corrected chi connectivity index (χ1v) is 5.62. The third-order valence-corrected chi connectivity index (χ3v) is 2.71. The summed E-state index contributed by atoms with van der Waals surface area (Å²) in [7, 11) is 1.14. The van der Waals surface area contributed by atoms with Crippen LogP contribution in [0.15, 0.2) is 12.1 Å². The number of rotatable bonds is 3. The van der Waals surface area contributed by atoms with Gasteiger partial charge in [0, 0.05) is 5.88 Å². The quantitative estimate of drug-likeness (QED) is 0.635. The Bertz CT molecular complexity index is 535. The Hall–Kier alpha value is -1.74. The summed E-state index contributed by atoms with van der Waals surface area (Å²) in [6, 6.07) is 3.57. The molecule has 7 heteroatoms. The van der Waals surface area contributed by atoms with E-state index in [1.807, 2.05) is 0 Å². The van der Waals surface area contributed by atoms with E-state index in [0.29, 0.717) is 0 Å². The van der Waals surface area contributed by atoms with Gasteiger partial charge in [-0.25, -0.2) is 0 Å². The molecule has 0 saturated carbocycles. The second kappa shape index (κ2) is 5.93. The molecule has 0 bridgehead atoms. The molecule has 0 aliphatic carbocycles. The molecule has 0 aliphatic rings. The summed E-state index contributed by atoms with van der Waals surface area (Å²) in [5.74, 6) is -0.917. The molecule has 3 nitrogen and oxygen atoms in total. The summed E-state index contributed by atoms with van der Waals surface area (Å²) in [5.41, 5.74) is -1.46. The van der Waals surface area contributed by atoms with Crippen molar-refractivity contribution >= 4 is 17.6 Å². The fourth-order valence-electron chi connectivity index (χ4n) is 1.57. The zero-order valence-electron chi connectivity index (χ0n) is 9.84. The molecule has 102 valence electrons. The van der Waals surface area contributed by atoms with E-state index in [4.69, 9.17) is 16.9 Å². The van der Waals surface area contributed by atoms with Crippen molar-refractivity contribution in [2.45, 2.75) is 18.5 Å². The summed E-state index contributed by atoms with van der Waals surface area (Å²) in [6.07, 6.45) is -4.99. The van der Waals surface area contributed by atoms with E-state index < -0.39 is 23.3 Å². The van der Waals surface area contributed by atoms with Crippen LogP contribution in [-0.2, 0) is 28.0 Å². The van der Waals surface area contributed by atoms with Crippen LogP contribution in [0.1, 0.15) is 22.3 Å². The van der Waals surface area contributed by atoms with Crippen molar-refractivity contribution in [2.24, 2.45) is 0 Å². The van der Waals surface area contributed by atoms with Crippen LogP contribution in [-0.4, -0.2) is 13.1 Å². The zero-order chi connectivity index (χ0) is 14.6. The monoisotopic (exact) mass is 291 g/mol. The number of carbonyl (C=O) groups excluding carboxylic acids is 1. The summed E-state index contributed by atoms with van der Waals surface area (Å²) in [6.45, 7) is 0. The topological polar surface area (TPSA) is 50.1 Å². The van der Waals surface area contributed by atoms with Gasteiger partial charge in [-0.15, -0.1) is 11.6 Å². The molecule has 19 heavy (non-hydrogen) atoms. The lowest BCUT2D eigenvalue weighted by atomic mass is 9.97. The standard InChI is InChI=1S/C12H9ClF3NO2/c1-19-11(18)4-7-2-8(5-13)9(6-17)10(3-7)12(14,15)16/h2-3H,4-5H2,1H3. The van der Waals surface area contributed by atoms with Gasteiger partial charge in [-0.3, -0.25) is 4.79 Å². The summed E-state index contributed by atoms with van der Waals surface area (Å²) in [5, 5.41) is 8.81. The van der Waals surface area contributed by atoms with E-state index in [0.717, 1.165) is 13.2 Å². The number of esters is 1. The molecule has 0 fully saturated rings. The molecule has 0 unspecified atom stereocenters. The van der Waals surface area contributed by atoms with Gasteiger partial charge in [0.2, 0.25) is 0 Å². The first-order chi connectivity index (χ1) is 8.83. The van der Waals surface area contributed by atoms with Gasteiger partial charge in [0.15, 0.2) is 0 Å². The zero-order valence-corrected chi connectivity index (χ0v) is 10.6.